The van der Waals surface area contributed by atoms with Crippen molar-refractivity contribution in [2.24, 2.45) is 7.05 Å². The Morgan fingerprint density at radius 2 is 2.40 bits per heavy atom. The molecule has 0 saturated carbocycles. The molecule has 0 aromatic carbocycles. The van der Waals surface area contributed by atoms with Gasteiger partial charge in [0, 0.05) is 19.8 Å². The van der Waals surface area contributed by atoms with Crippen LogP contribution in [0.2, 0.25) is 0 Å². The third-order valence-corrected chi connectivity index (χ3v) is 2.94. The molecule has 0 fully saturated rings. The topological polar surface area (TPSA) is 68.8 Å². The van der Waals surface area contributed by atoms with Crippen molar-refractivity contribution in [3.63, 3.8) is 0 Å². The van der Waals surface area contributed by atoms with Gasteiger partial charge >= 0.3 is 0 Å². The lowest BCUT2D eigenvalue weighted by atomic mass is 10.0. The summed E-state index contributed by atoms with van der Waals surface area (Å²) in [6.07, 6.45) is 2.93. The lowest BCUT2D eigenvalue weighted by molar-refractivity contribution is 0.644. The van der Waals surface area contributed by atoms with Gasteiger partial charge in [0.2, 0.25) is 0 Å². The van der Waals surface area contributed by atoms with Crippen LogP contribution < -0.4 is 11.1 Å². The summed E-state index contributed by atoms with van der Waals surface area (Å²) in [5.74, 6) is 0.596. The molecule has 5 nitrogen and oxygen atoms in total. The molecular formula is C10H13N5. The Bertz CT molecular complexity index is 528. The molecule has 0 bridgehead atoms. The molecule has 0 unspecified atom stereocenters. The zero-order valence-corrected chi connectivity index (χ0v) is 8.62. The Labute approximate surface area is 87.3 Å². The van der Waals surface area contributed by atoms with Crippen molar-refractivity contribution in [2.75, 3.05) is 12.3 Å². The predicted octanol–water partition coefficient (Wildman–Crippen LogP) is 0.196. The molecule has 1 aliphatic heterocycles. The highest BCUT2D eigenvalue weighted by atomic mass is 15.3. The van der Waals surface area contributed by atoms with Crippen LogP contribution in [0.15, 0.2) is 6.20 Å². The molecule has 0 spiro atoms. The van der Waals surface area contributed by atoms with Crippen LogP contribution in [0.1, 0.15) is 11.1 Å². The van der Waals surface area contributed by atoms with E-state index in [1.165, 1.54) is 11.1 Å². The van der Waals surface area contributed by atoms with Crippen LogP contribution in [-0.4, -0.2) is 21.3 Å². The smallest absolute Gasteiger partial charge is 0.159 e. The van der Waals surface area contributed by atoms with Gasteiger partial charge in [0.15, 0.2) is 11.5 Å². The number of hydrogen-bond donors (Lipinski definition) is 2. The van der Waals surface area contributed by atoms with Crippen LogP contribution in [0, 0.1) is 0 Å². The maximum atomic E-state index is 5.91. The Morgan fingerprint density at radius 3 is 3.27 bits per heavy atom. The van der Waals surface area contributed by atoms with Gasteiger partial charge in [-0.1, -0.05) is 0 Å². The van der Waals surface area contributed by atoms with Gasteiger partial charge in [-0.25, -0.2) is 9.67 Å². The van der Waals surface area contributed by atoms with Gasteiger partial charge in [0.05, 0.1) is 5.39 Å². The largest absolute Gasteiger partial charge is 0.382 e. The van der Waals surface area contributed by atoms with Gasteiger partial charge in [-0.3, -0.25) is 0 Å². The first-order valence-electron chi connectivity index (χ1n) is 5.07. The highest BCUT2D eigenvalue weighted by Gasteiger charge is 2.17. The van der Waals surface area contributed by atoms with Crippen molar-refractivity contribution >= 4 is 16.9 Å². The summed E-state index contributed by atoms with van der Waals surface area (Å²) >= 11 is 0. The highest BCUT2D eigenvalue weighted by Crippen LogP contribution is 2.26. The van der Waals surface area contributed by atoms with E-state index in [-0.39, 0.29) is 0 Å². The number of pyridine rings is 1. The van der Waals surface area contributed by atoms with Crippen molar-refractivity contribution in [2.45, 2.75) is 13.0 Å². The highest BCUT2D eigenvalue weighted by molar-refractivity contribution is 5.90. The van der Waals surface area contributed by atoms with E-state index in [2.05, 4.69) is 15.4 Å². The van der Waals surface area contributed by atoms with Crippen molar-refractivity contribution < 1.29 is 0 Å². The first kappa shape index (κ1) is 8.67. The van der Waals surface area contributed by atoms with Crippen molar-refractivity contribution in [3.05, 3.63) is 17.3 Å². The number of nitrogens with zero attached hydrogens (tertiary/aromatic N) is 3. The molecule has 0 amide bonds. The Morgan fingerprint density at radius 1 is 1.53 bits per heavy atom. The van der Waals surface area contributed by atoms with Gasteiger partial charge in [-0.05, 0) is 24.1 Å². The maximum absolute atomic E-state index is 5.91. The van der Waals surface area contributed by atoms with Gasteiger partial charge < -0.3 is 11.1 Å². The first-order valence-corrected chi connectivity index (χ1v) is 5.07. The molecule has 1 aliphatic rings. The van der Waals surface area contributed by atoms with Gasteiger partial charge in [-0.2, -0.15) is 5.10 Å². The fourth-order valence-corrected chi connectivity index (χ4v) is 2.22. The Kier molecular flexibility index (Phi) is 1.70. The van der Waals surface area contributed by atoms with Crippen molar-refractivity contribution in [1.82, 2.24) is 20.1 Å². The molecule has 0 atom stereocenters. The third kappa shape index (κ3) is 1.13. The summed E-state index contributed by atoms with van der Waals surface area (Å²) < 4.78 is 1.74. The average molecular weight is 203 g/mol. The molecule has 3 heterocycles. The van der Waals surface area contributed by atoms with Crippen LogP contribution >= 0.6 is 0 Å². The summed E-state index contributed by atoms with van der Waals surface area (Å²) in [6, 6.07) is 0. The van der Waals surface area contributed by atoms with Gasteiger partial charge in [-0.15, -0.1) is 0 Å². The van der Waals surface area contributed by atoms with E-state index in [9.17, 15) is 0 Å². The Hall–Kier alpha value is -1.62. The number of nitrogens with one attached hydrogen (secondary N) is 1. The van der Waals surface area contributed by atoms with E-state index < -0.39 is 0 Å². The third-order valence-electron chi connectivity index (χ3n) is 2.94. The Balaban J connectivity index is 2.40. The van der Waals surface area contributed by atoms with Crippen LogP contribution in [0.3, 0.4) is 0 Å². The summed E-state index contributed by atoms with van der Waals surface area (Å²) in [5, 5.41) is 8.57. The summed E-state index contributed by atoms with van der Waals surface area (Å²) in [5.41, 5.74) is 9.34. The van der Waals surface area contributed by atoms with Gasteiger partial charge in [0.25, 0.3) is 0 Å². The number of aromatic nitrogens is 3. The van der Waals surface area contributed by atoms with E-state index in [1.54, 1.807) is 4.68 Å². The number of fused-ring (bicyclic) bond motifs is 3. The minimum absolute atomic E-state index is 0.596. The lowest BCUT2D eigenvalue weighted by Crippen LogP contribution is -2.24. The number of hydrogen-bond acceptors (Lipinski definition) is 4. The monoisotopic (exact) mass is 203 g/mol. The molecule has 2 aromatic heterocycles. The van der Waals surface area contributed by atoms with E-state index in [1.807, 2.05) is 13.2 Å². The molecule has 0 radical (unpaired) electrons. The van der Waals surface area contributed by atoms with Crippen molar-refractivity contribution in [1.29, 1.82) is 0 Å². The number of nitrogen functional groups attached to an aromatic ring is 1. The zero-order chi connectivity index (χ0) is 10.4. The molecule has 78 valence electrons. The average Bonchev–Trinajstić information content (AvgIpc) is 2.55. The van der Waals surface area contributed by atoms with Crippen LogP contribution in [0.5, 0.6) is 0 Å². The van der Waals surface area contributed by atoms with Crippen LogP contribution in [-0.2, 0) is 20.0 Å². The SMILES string of the molecule is Cn1nc(N)c2c3c(cnc21)CNCC3. The minimum Gasteiger partial charge on any atom is -0.382 e. The molecular weight excluding hydrogens is 190 g/mol. The summed E-state index contributed by atoms with van der Waals surface area (Å²) in [6.45, 7) is 1.88. The van der Waals surface area contributed by atoms with E-state index in [4.69, 9.17) is 5.73 Å². The maximum Gasteiger partial charge on any atom is 0.159 e. The zero-order valence-electron chi connectivity index (χ0n) is 8.62. The fourth-order valence-electron chi connectivity index (χ4n) is 2.22. The van der Waals surface area contributed by atoms with Gasteiger partial charge in [0.1, 0.15) is 0 Å². The molecule has 5 heteroatoms. The van der Waals surface area contributed by atoms with Crippen LogP contribution in [0.4, 0.5) is 5.82 Å². The minimum atomic E-state index is 0.596. The van der Waals surface area contributed by atoms with Crippen molar-refractivity contribution in [3.8, 4) is 0 Å². The first-order chi connectivity index (χ1) is 7.27. The molecule has 2 aromatic rings. The van der Waals surface area contributed by atoms with E-state index >= 15 is 0 Å². The normalized spacial score (nSPS) is 15.5. The summed E-state index contributed by atoms with van der Waals surface area (Å²) in [4.78, 5) is 4.40. The second-order valence-electron chi connectivity index (χ2n) is 3.90. The standard InChI is InChI=1S/C10H13N5/c1-15-10-8(9(11)14-15)7-2-3-12-4-6(7)5-13-10/h5,12H,2-4H2,1H3,(H2,11,14). The molecule has 3 N–H and O–H groups in total. The molecule has 3 rings (SSSR count). The number of aryl methyl sites for hydroxylation is 1. The quantitative estimate of drug-likeness (QED) is 0.641. The summed E-state index contributed by atoms with van der Waals surface area (Å²) in [7, 11) is 1.87. The number of nitrogens with two attached hydrogens (primary N) is 1. The second-order valence-corrected chi connectivity index (χ2v) is 3.90. The second kappa shape index (κ2) is 2.93. The number of anilines is 1. The molecule has 0 saturated heterocycles. The van der Waals surface area contributed by atoms with Crippen LogP contribution in [0.25, 0.3) is 11.0 Å². The molecule has 0 aliphatic carbocycles. The molecule has 15 heavy (non-hydrogen) atoms. The predicted molar refractivity (Wildman–Crippen MR) is 58.3 cm³/mol. The lowest BCUT2D eigenvalue weighted by Gasteiger charge is -2.17. The van der Waals surface area contributed by atoms with E-state index in [0.29, 0.717) is 5.82 Å². The van der Waals surface area contributed by atoms with E-state index in [0.717, 1.165) is 30.5 Å². The fraction of sp³-hybridized carbons (Fsp3) is 0.400. The number of rotatable bonds is 0.